The predicted molar refractivity (Wildman–Crippen MR) is 59.6 cm³/mol. The summed E-state index contributed by atoms with van der Waals surface area (Å²) in [6.45, 7) is 5.01. The van der Waals surface area contributed by atoms with Gasteiger partial charge in [-0.15, -0.1) is 11.6 Å². The summed E-state index contributed by atoms with van der Waals surface area (Å²) >= 11 is 5.98. The van der Waals surface area contributed by atoms with Crippen molar-refractivity contribution < 1.29 is 4.79 Å². The lowest BCUT2D eigenvalue weighted by Gasteiger charge is -2.36. The summed E-state index contributed by atoms with van der Waals surface area (Å²) < 4.78 is 0. The summed E-state index contributed by atoms with van der Waals surface area (Å²) in [5, 5.41) is -0.317. The molecule has 14 heavy (non-hydrogen) atoms. The zero-order chi connectivity index (χ0) is 10.6. The van der Waals surface area contributed by atoms with E-state index in [-0.39, 0.29) is 11.3 Å². The molecule has 1 rings (SSSR count). The Morgan fingerprint density at radius 3 is 2.79 bits per heavy atom. The Bertz CT molecular complexity index is 196. The third-order valence-corrected chi connectivity index (χ3v) is 3.50. The predicted octanol–water partition coefficient (Wildman–Crippen LogP) is 2.79. The lowest BCUT2D eigenvalue weighted by atomic mass is 9.99. The number of hydrogen-bond acceptors (Lipinski definition) is 1. The molecule has 0 N–H and O–H groups in total. The van der Waals surface area contributed by atoms with E-state index in [0.29, 0.717) is 6.04 Å². The molecule has 1 amide bonds. The number of halogens is 1. The van der Waals surface area contributed by atoms with Crippen molar-refractivity contribution in [3.05, 3.63) is 0 Å². The third kappa shape index (κ3) is 2.63. The summed E-state index contributed by atoms with van der Waals surface area (Å²) in [5.41, 5.74) is 0. The fraction of sp³-hybridized carbons (Fsp3) is 0.909. The Morgan fingerprint density at radius 2 is 2.21 bits per heavy atom. The molecular formula is C11H20ClNO. The Kier molecular flexibility index (Phi) is 4.73. The van der Waals surface area contributed by atoms with Gasteiger partial charge in [0, 0.05) is 12.6 Å². The highest BCUT2D eigenvalue weighted by Crippen LogP contribution is 2.21. The molecule has 82 valence electrons. The highest BCUT2D eigenvalue weighted by Gasteiger charge is 2.28. The van der Waals surface area contributed by atoms with E-state index in [0.717, 1.165) is 32.2 Å². The van der Waals surface area contributed by atoms with Gasteiger partial charge in [0.25, 0.3) is 0 Å². The number of rotatable bonds is 3. The first kappa shape index (κ1) is 11.8. The van der Waals surface area contributed by atoms with Crippen LogP contribution in [0.15, 0.2) is 0 Å². The number of carbonyl (C=O) groups excluding carboxylic acids is 1. The summed E-state index contributed by atoms with van der Waals surface area (Å²) in [6.07, 6.45) is 5.32. The summed E-state index contributed by atoms with van der Waals surface area (Å²) in [5.74, 6) is 0.140. The van der Waals surface area contributed by atoms with Crippen molar-refractivity contribution >= 4 is 17.5 Å². The largest absolute Gasteiger partial charge is 0.338 e. The zero-order valence-corrected chi connectivity index (χ0v) is 9.89. The van der Waals surface area contributed by atoms with Crippen molar-refractivity contribution in [2.45, 2.75) is 57.4 Å². The average Bonchev–Trinajstić information content (AvgIpc) is 2.26. The number of nitrogens with zero attached hydrogens (tertiary/aromatic N) is 1. The van der Waals surface area contributed by atoms with E-state index in [9.17, 15) is 4.79 Å². The lowest BCUT2D eigenvalue weighted by molar-refractivity contribution is -0.134. The van der Waals surface area contributed by atoms with Crippen LogP contribution < -0.4 is 0 Å². The second-order valence-electron chi connectivity index (χ2n) is 3.97. The minimum absolute atomic E-state index is 0.140. The molecule has 1 heterocycles. The molecule has 0 aromatic carbocycles. The van der Waals surface area contributed by atoms with Crippen LogP contribution in [-0.2, 0) is 4.79 Å². The number of likely N-dealkylation sites (tertiary alicyclic amines) is 1. The van der Waals surface area contributed by atoms with Gasteiger partial charge >= 0.3 is 0 Å². The Hall–Kier alpha value is -0.240. The highest BCUT2D eigenvalue weighted by atomic mass is 35.5. The number of piperidine rings is 1. The van der Waals surface area contributed by atoms with Crippen LogP contribution in [0.25, 0.3) is 0 Å². The van der Waals surface area contributed by atoms with E-state index in [1.165, 1.54) is 6.42 Å². The maximum atomic E-state index is 11.9. The summed E-state index contributed by atoms with van der Waals surface area (Å²) in [4.78, 5) is 13.9. The van der Waals surface area contributed by atoms with Gasteiger partial charge in [0.15, 0.2) is 0 Å². The number of amides is 1. The van der Waals surface area contributed by atoms with Crippen LogP contribution in [-0.4, -0.2) is 28.8 Å². The van der Waals surface area contributed by atoms with Gasteiger partial charge in [-0.05, 0) is 32.1 Å². The van der Waals surface area contributed by atoms with Crippen molar-refractivity contribution in [2.75, 3.05) is 6.54 Å². The number of carbonyl (C=O) groups is 1. The van der Waals surface area contributed by atoms with Gasteiger partial charge in [0.1, 0.15) is 5.38 Å². The minimum atomic E-state index is -0.317. The van der Waals surface area contributed by atoms with E-state index in [1.54, 1.807) is 0 Å². The number of hydrogen-bond donors (Lipinski definition) is 0. The van der Waals surface area contributed by atoms with Gasteiger partial charge < -0.3 is 4.90 Å². The quantitative estimate of drug-likeness (QED) is 0.666. The Labute approximate surface area is 91.6 Å². The van der Waals surface area contributed by atoms with E-state index < -0.39 is 0 Å². The van der Waals surface area contributed by atoms with Crippen LogP contribution in [0.1, 0.15) is 46.0 Å². The lowest BCUT2D eigenvalue weighted by Crippen LogP contribution is -2.46. The maximum absolute atomic E-state index is 11.9. The molecule has 1 aliphatic rings. The van der Waals surface area contributed by atoms with Crippen LogP contribution in [0, 0.1) is 0 Å². The van der Waals surface area contributed by atoms with Crippen LogP contribution >= 0.6 is 11.6 Å². The van der Waals surface area contributed by atoms with Crippen molar-refractivity contribution in [2.24, 2.45) is 0 Å². The normalized spacial score (nSPS) is 24.8. The van der Waals surface area contributed by atoms with Crippen molar-refractivity contribution in [1.29, 1.82) is 0 Å². The van der Waals surface area contributed by atoms with Gasteiger partial charge in [-0.1, -0.05) is 13.8 Å². The topological polar surface area (TPSA) is 20.3 Å². The van der Waals surface area contributed by atoms with Gasteiger partial charge in [0.05, 0.1) is 0 Å². The maximum Gasteiger partial charge on any atom is 0.240 e. The van der Waals surface area contributed by atoms with Crippen LogP contribution in [0.2, 0.25) is 0 Å². The molecule has 0 aromatic rings. The SMILES string of the molecule is CC[C@H]1CCCCN1C(=O)[C@@H](Cl)CC. The molecule has 2 atom stereocenters. The molecule has 0 saturated carbocycles. The molecule has 2 nitrogen and oxygen atoms in total. The average molecular weight is 218 g/mol. The van der Waals surface area contributed by atoms with Gasteiger partial charge in [0.2, 0.25) is 5.91 Å². The second-order valence-corrected chi connectivity index (χ2v) is 4.49. The van der Waals surface area contributed by atoms with Crippen LogP contribution in [0.4, 0.5) is 0 Å². The second kappa shape index (κ2) is 5.59. The first-order valence-corrected chi connectivity index (χ1v) is 6.08. The monoisotopic (exact) mass is 217 g/mol. The van der Waals surface area contributed by atoms with Crippen LogP contribution in [0.5, 0.6) is 0 Å². The fourth-order valence-electron chi connectivity index (χ4n) is 2.07. The molecule has 1 fully saturated rings. The summed E-state index contributed by atoms with van der Waals surface area (Å²) in [7, 11) is 0. The van der Waals surface area contributed by atoms with E-state index >= 15 is 0 Å². The number of alkyl halides is 1. The van der Waals surface area contributed by atoms with Crippen molar-refractivity contribution in [1.82, 2.24) is 4.90 Å². The Morgan fingerprint density at radius 1 is 1.50 bits per heavy atom. The highest BCUT2D eigenvalue weighted by molar-refractivity contribution is 6.30. The molecule has 0 unspecified atom stereocenters. The van der Waals surface area contributed by atoms with Crippen molar-refractivity contribution in [3.63, 3.8) is 0 Å². The molecule has 0 radical (unpaired) electrons. The van der Waals surface area contributed by atoms with E-state index in [2.05, 4.69) is 6.92 Å². The fourth-order valence-corrected chi connectivity index (χ4v) is 2.20. The first-order chi connectivity index (χ1) is 6.70. The smallest absolute Gasteiger partial charge is 0.240 e. The van der Waals surface area contributed by atoms with Gasteiger partial charge in [-0.2, -0.15) is 0 Å². The molecule has 0 aliphatic carbocycles. The van der Waals surface area contributed by atoms with Crippen molar-refractivity contribution in [3.8, 4) is 0 Å². The van der Waals surface area contributed by atoms with E-state index in [4.69, 9.17) is 11.6 Å². The molecule has 1 aliphatic heterocycles. The third-order valence-electron chi connectivity index (χ3n) is 3.01. The van der Waals surface area contributed by atoms with Gasteiger partial charge in [-0.3, -0.25) is 4.79 Å². The molecule has 0 aromatic heterocycles. The Balaban J connectivity index is 2.58. The van der Waals surface area contributed by atoms with Crippen LogP contribution in [0.3, 0.4) is 0 Å². The zero-order valence-electron chi connectivity index (χ0n) is 9.13. The molecule has 0 bridgehead atoms. The minimum Gasteiger partial charge on any atom is -0.338 e. The standard InChI is InChI=1S/C11H20ClNO/c1-3-9-7-5-6-8-13(9)11(14)10(12)4-2/h9-10H,3-8H2,1-2H3/t9-,10-/m0/s1. The first-order valence-electron chi connectivity index (χ1n) is 5.65. The summed E-state index contributed by atoms with van der Waals surface area (Å²) in [6, 6.07) is 0.434. The molecular weight excluding hydrogens is 198 g/mol. The van der Waals surface area contributed by atoms with E-state index in [1.807, 2.05) is 11.8 Å². The molecule has 0 spiro atoms. The molecule has 1 saturated heterocycles. The molecule has 3 heteroatoms. The van der Waals surface area contributed by atoms with Gasteiger partial charge in [-0.25, -0.2) is 0 Å².